The molecule has 0 fully saturated rings. The van der Waals surface area contributed by atoms with Gasteiger partial charge in [-0.15, -0.1) is 0 Å². The first-order valence-electron chi connectivity index (χ1n) is 17.2. The Bertz CT molecular complexity index is 2820. The van der Waals surface area contributed by atoms with Crippen molar-refractivity contribution in [2.24, 2.45) is 0 Å². The van der Waals surface area contributed by atoms with Gasteiger partial charge >= 0.3 is 0 Å². The summed E-state index contributed by atoms with van der Waals surface area (Å²) in [6.07, 6.45) is 4.20. The van der Waals surface area contributed by atoms with E-state index in [1.54, 1.807) is 0 Å². The average Bonchev–Trinajstić information content (AvgIpc) is 3.74. The smallest absolute Gasteiger partial charge is 0.157 e. The van der Waals surface area contributed by atoms with E-state index in [1.165, 1.54) is 43.4 Å². The van der Waals surface area contributed by atoms with Gasteiger partial charge in [0.2, 0.25) is 0 Å². The van der Waals surface area contributed by atoms with Crippen molar-refractivity contribution >= 4 is 65.5 Å². The average molecular weight is 640 g/mol. The van der Waals surface area contributed by atoms with Gasteiger partial charge in [-0.25, -0.2) is 9.97 Å². The van der Waals surface area contributed by atoms with Gasteiger partial charge in [0.05, 0.1) is 33.9 Å². The molecule has 0 bridgehead atoms. The largest absolute Gasteiger partial charge is 0.483 e. The molecule has 50 heavy (non-hydrogen) atoms. The summed E-state index contributed by atoms with van der Waals surface area (Å²) in [7, 11) is 0. The first-order chi connectivity index (χ1) is 24.8. The molecule has 2 aliphatic rings. The summed E-state index contributed by atoms with van der Waals surface area (Å²) >= 11 is 0. The van der Waals surface area contributed by atoms with Crippen LogP contribution in [-0.2, 0) is 0 Å². The third-order valence-corrected chi connectivity index (χ3v) is 10.6. The summed E-state index contributed by atoms with van der Waals surface area (Å²) in [5, 5.41) is 8.55. The van der Waals surface area contributed by atoms with Gasteiger partial charge in [-0.05, 0) is 51.9 Å². The molecule has 0 radical (unpaired) electrons. The summed E-state index contributed by atoms with van der Waals surface area (Å²) in [6.45, 7) is 0. The first-order valence-corrected chi connectivity index (χ1v) is 17.2. The van der Waals surface area contributed by atoms with Crippen molar-refractivity contribution in [2.75, 3.05) is 0 Å². The molecule has 0 spiro atoms. The summed E-state index contributed by atoms with van der Waals surface area (Å²) in [6, 6.07) is 53.7. The van der Waals surface area contributed by atoms with Crippen LogP contribution < -0.4 is 4.74 Å². The molecule has 2 atom stereocenters. The molecule has 0 amide bonds. The Morgan fingerprint density at radius 1 is 0.520 bits per heavy atom. The molecule has 9 aromatic rings. The van der Waals surface area contributed by atoms with Crippen molar-refractivity contribution in [2.45, 2.75) is 12.0 Å². The SMILES string of the molecule is C1=C(c2nc(-c3ccccc3)c3ccccc3n2)C2c3ccccc3OC2C(n2c3ccc4ccccc4c3c3c4ccccc4ccc32)=C1. The molecule has 1 aliphatic heterocycles. The standard InChI is InChI=1S/C46H29N3O/c1-2-14-30(15-3-1)44-33-18-8-10-20-36(33)47-46(48-44)35-24-27-39(45-41(35)34-19-9-11-21-40(34)50-45)49-37-25-22-28-12-4-6-16-31(28)42(37)43-32-17-7-5-13-29(32)23-26-38(43)49/h1-27,41,45H. The van der Waals surface area contributed by atoms with Crippen molar-refractivity contribution in [3.8, 4) is 17.0 Å². The molecular formula is C46H29N3O. The van der Waals surface area contributed by atoms with Crippen LogP contribution in [0, 0.1) is 0 Å². The predicted octanol–water partition coefficient (Wildman–Crippen LogP) is 11.2. The van der Waals surface area contributed by atoms with E-state index in [0.717, 1.165) is 50.6 Å². The van der Waals surface area contributed by atoms with Gasteiger partial charge in [-0.1, -0.05) is 133 Å². The Balaban J connectivity index is 1.21. The molecular weight excluding hydrogens is 611 g/mol. The molecule has 4 heteroatoms. The molecule has 1 aliphatic carbocycles. The maximum Gasteiger partial charge on any atom is 0.157 e. The van der Waals surface area contributed by atoms with Gasteiger partial charge in [0.15, 0.2) is 11.9 Å². The number of rotatable bonds is 3. The number of para-hydroxylation sites is 2. The van der Waals surface area contributed by atoms with E-state index in [2.05, 4.69) is 156 Å². The lowest BCUT2D eigenvalue weighted by atomic mass is 9.82. The van der Waals surface area contributed by atoms with E-state index < -0.39 is 0 Å². The number of aromatic nitrogens is 3. The number of hydrogen-bond donors (Lipinski definition) is 0. The fraction of sp³-hybridized carbons (Fsp3) is 0.0435. The van der Waals surface area contributed by atoms with Crippen LogP contribution >= 0.6 is 0 Å². The second-order valence-electron chi connectivity index (χ2n) is 13.2. The summed E-state index contributed by atoms with van der Waals surface area (Å²) < 4.78 is 9.43. The van der Waals surface area contributed by atoms with Crippen LogP contribution in [0.15, 0.2) is 164 Å². The normalized spacial score (nSPS) is 16.8. The lowest BCUT2D eigenvalue weighted by Gasteiger charge is -2.29. The van der Waals surface area contributed by atoms with Crippen LogP contribution in [0.1, 0.15) is 17.3 Å². The van der Waals surface area contributed by atoms with Crippen LogP contribution in [0.25, 0.3) is 76.8 Å². The van der Waals surface area contributed by atoms with E-state index >= 15 is 0 Å². The van der Waals surface area contributed by atoms with Gasteiger partial charge in [0, 0.05) is 32.9 Å². The number of fused-ring (bicyclic) bond motifs is 11. The van der Waals surface area contributed by atoms with Crippen LogP contribution in [0.2, 0.25) is 0 Å². The molecule has 2 unspecified atom stereocenters. The topological polar surface area (TPSA) is 39.9 Å². The Kier molecular flexibility index (Phi) is 5.75. The third-order valence-electron chi connectivity index (χ3n) is 10.6. The molecule has 0 saturated carbocycles. The second-order valence-corrected chi connectivity index (χ2v) is 13.2. The fourth-order valence-electron chi connectivity index (χ4n) is 8.41. The Hall–Kier alpha value is -6.52. The highest BCUT2D eigenvalue weighted by molar-refractivity contribution is 6.29. The quantitative estimate of drug-likeness (QED) is 0.193. The molecule has 234 valence electrons. The zero-order chi connectivity index (χ0) is 32.8. The van der Waals surface area contributed by atoms with Crippen molar-refractivity contribution in [3.63, 3.8) is 0 Å². The van der Waals surface area contributed by atoms with E-state index in [0.29, 0.717) is 0 Å². The minimum Gasteiger partial charge on any atom is -0.483 e. The van der Waals surface area contributed by atoms with E-state index in [-0.39, 0.29) is 12.0 Å². The Labute approximate surface area is 288 Å². The van der Waals surface area contributed by atoms with Crippen molar-refractivity contribution in [1.82, 2.24) is 14.5 Å². The highest BCUT2D eigenvalue weighted by Gasteiger charge is 2.43. The molecule has 0 saturated heterocycles. The maximum atomic E-state index is 6.99. The Morgan fingerprint density at radius 3 is 1.88 bits per heavy atom. The van der Waals surface area contributed by atoms with Gasteiger partial charge in [0.25, 0.3) is 0 Å². The van der Waals surface area contributed by atoms with Crippen molar-refractivity contribution in [3.05, 3.63) is 175 Å². The third kappa shape index (κ3) is 3.87. The lowest BCUT2D eigenvalue weighted by Crippen LogP contribution is -2.27. The number of hydrogen-bond acceptors (Lipinski definition) is 3. The predicted molar refractivity (Wildman–Crippen MR) is 205 cm³/mol. The van der Waals surface area contributed by atoms with Crippen LogP contribution in [0.4, 0.5) is 0 Å². The molecule has 4 nitrogen and oxygen atoms in total. The van der Waals surface area contributed by atoms with Crippen molar-refractivity contribution in [1.29, 1.82) is 0 Å². The number of nitrogens with zero attached hydrogens (tertiary/aromatic N) is 3. The Morgan fingerprint density at radius 2 is 1.14 bits per heavy atom. The van der Waals surface area contributed by atoms with Gasteiger partial charge < -0.3 is 9.30 Å². The zero-order valence-electron chi connectivity index (χ0n) is 27.0. The van der Waals surface area contributed by atoms with Gasteiger partial charge in [0.1, 0.15) is 5.75 Å². The summed E-state index contributed by atoms with van der Waals surface area (Å²) in [5.41, 5.74) is 8.60. The summed E-state index contributed by atoms with van der Waals surface area (Å²) in [4.78, 5) is 10.5. The molecule has 11 rings (SSSR count). The van der Waals surface area contributed by atoms with E-state index in [4.69, 9.17) is 14.7 Å². The number of ether oxygens (including phenoxy) is 1. The van der Waals surface area contributed by atoms with E-state index in [1.807, 2.05) is 12.1 Å². The number of allylic oxidation sites excluding steroid dienone is 2. The van der Waals surface area contributed by atoms with Crippen LogP contribution in [0.3, 0.4) is 0 Å². The highest BCUT2D eigenvalue weighted by atomic mass is 16.5. The zero-order valence-corrected chi connectivity index (χ0v) is 27.0. The minimum atomic E-state index is -0.278. The molecule has 3 heterocycles. The van der Waals surface area contributed by atoms with Gasteiger partial charge in [-0.2, -0.15) is 0 Å². The fourth-order valence-corrected chi connectivity index (χ4v) is 8.41. The highest BCUT2D eigenvalue weighted by Crippen LogP contribution is 2.52. The molecule has 2 aromatic heterocycles. The molecule has 0 N–H and O–H groups in total. The minimum absolute atomic E-state index is 0.0931. The molecule has 7 aromatic carbocycles. The van der Waals surface area contributed by atoms with Crippen LogP contribution in [-0.4, -0.2) is 20.6 Å². The van der Waals surface area contributed by atoms with Gasteiger partial charge in [-0.3, -0.25) is 0 Å². The second kappa shape index (κ2) is 10.5. The number of benzene rings is 7. The van der Waals surface area contributed by atoms with Crippen molar-refractivity contribution < 1.29 is 4.74 Å². The monoisotopic (exact) mass is 639 g/mol. The first kappa shape index (κ1) is 27.4. The summed E-state index contributed by atoms with van der Waals surface area (Å²) in [5.74, 6) is 1.54. The van der Waals surface area contributed by atoms with E-state index in [9.17, 15) is 0 Å². The maximum absolute atomic E-state index is 6.99. The van der Waals surface area contributed by atoms with Crippen LogP contribution in [0.5, 0.6) is 5.75 Å². The lowest BCUT2D eigenvalue weighted by molar-refractivity contribution is 0.275.